The van der Waals surface area contributed by atoms with Crippen LogP contribution >= 0.6 is 0 Å². The second-order valence-corrected chi connectivity index (χ2v) is 5.28. The zero-order valence-electron chi connectivity index (χ0n) is 13.6. The first-order chi connectivity index (χ1) is 12.0. The average Bonchev–Trinajstić information content (AvgIpc) is 2.52. The molecule has 0 spiro atoms. The Balaban J connectivity index is 4.43. The highest BCUT2D eigenvalue weighted by Gasteiger charge is 2.23. The number of carbonyl (C=O) groups excluding carboxylic acids is 2. The molecule has 12 heteroatoms. The SMILES string of the molecule is O=C(O)CC[C@@H](NC(=O)CCC(=O)N[C@H](CCC(=O)O)C(=O)O)C(=O)O. The highest BCUT2D eigenvalue weighted by atomic mass is 16.4. The van der Waals surface area contributed by atoms with Crippen molar-refractivity contribution in [3.05, 3.63) is 0 Å². The largest absolute Gasteiger partial charge is 0.481 e. The normalized spacial score (nSPS) is 12.5. The zero-order valence-corrected chi connectivity index (χ0v) is 13.6. The van der Waals surface area contributed by atoms with Crippen LogP contribution < -0.4 is 10.6 Å². The van der Waals surface area contributed by atoms with Gasteiger partial charge >= 0.3 is 23.9 Å². The van der Waals surface area contributed by atoms with Crippen molar-refractivity contribution in [2.45, 2.75) is 50.6 Å². The summed E-state index contributed by atoms with van der Waals surface area (Å²) in [6.07, 6.45) is -2.51. The summed E-state index contributed by atoms with van der Waals surface area (Å²) < 4.78 is 0. The van der Waals surface area contributed by atoms with Gasteiger partial charge in [0.25, 0.3) is 0 Å². The molecular weight excluding hydrogens is 356 g/mol. The predicted molar refractivity (Wildman–Crippen MR) is 82.1 cm³/mol. The maximum atomic E-state index is 11.6. The molecular formula is C14H20N2O10. The van der Waals surface area contributed by atoms with E-state index in [4.69, 9.17) is 20.4 Å². The molecule has 0 aromatic carbocycles. The van der Waals surface area contributed by atoms with Crippen molar-refractivity contribution in [3.8, 4) is 0 Å². The molecule has 12 nitrogen and oxygen atoms in total. The number of carboxylic acid groups (broad SMARTS) is 4. The van der Waals surface area contributed by atoms with E-state index in [-0.39, 0.29) is 12.8 Å². The van der Waals surface area contributed by atoms with Crippen LogP contribution in [-0.2, 0) is 28.8 Å². The van der Waals surface area contributed by atoms with E-state index >= 15 is 0 Å². The van der Waals surface area contributed by atoms with Crippen LogP contribution in [0.2, 0.25) is 0 Å². The van der Waals surface area contributed by atoms with Crippen molar-refractivity contribution in [3.63, 3.8) is 0 Å². The Morgan fingerprint density at radius 2 is 0.885 bits per heavy atom. The molecule has 0 heterocycles. The minimum atomic E-state index is -1.43. The van der Waals surface area contributed by atoms with Crippen LogP contribution in [0.3, 0.4) is 0 Å². The third kappa shape index (κ3) is 10.6. The molecule has 2 atom stereocenters. The Labute approximate surface area is 147 Å². The summed E-state index contributed by atoms with van der Waals surface area (Å²) >= 11 is 0. The number of hydrogen-bond donors (Lipinski definition) is 6. The highest BCUT2D eigenvalue weighted by molar-refractivity contribution is 5.88. The van der Waals surface area contributed by atoms with Crippen LogP contribution in [0.5, 0.6) is 0 Å². The summed E-state index contributed by atoms with van der Waals surface area (Å²) in [6.45, 7) is 0. The third-order valence-corrected chi connectivity index (χ3v) is 3.14. The smallest absolute Gasteiger partial charge is 0.326 e. The lowest BCUT2D eigenvalue weighted by atomic mass is 10.1. The fourth-order valence-corrected chi connectivity index (χ4v) is 1.81. The van der Waals surface area contributed by atoms with Crippen LogP contribution in [0.1, 0.15) is 38.5 Å². The molecule has 0 aliphatic carbocycles. The maximum Gasteiger partial charge on any atom is 0.326 e. The lowest BCUT2D eigenvalue weighted by molar-refractivity contribution is -0.144. The third-order valence-electron chi connectivity index (χ3n) is 3.14. The van der Waals surface area contributed by atoms with Gasteiger partial charge in [0.15, 0.2) is 0 Å². The van der Waals surface area contributed by atoms with Crippen molar-refractivity contribution in [2.75, 3.05) is 0 Å². The van der Waals surface area contributed by atoms with Crippen molar-refractivity contribution >= 4 is 35.7 Å². The fraction of sp³-hybridized carbons (Fsp3) is 0.571. The molecule has 0 saturated heterocycles. The van der Waals surface area contributed by atoms with Gasteiger partial charge in [0, 0.05) is 25.7 Å². The quantitative estimate of drug-likeness (QED) is 0.222. The summed E-state index contributed by atoms with van der Waals surface area (Å²) in [4.78, 5) is 66.0. The Morgan fingerprint density at radius 3 is 1.12 bits per heavy atom. The highest BCUT2D eigenvalue weighted by Crippen LogP contribution is 2.02. The van der Waals surface area contributed by atoms with Crippen LogP contribution in [0.25, 0.3) is 0 Å². The van der Waals surface area contributed by atoms with Gasteiger partial charge in [-0.25, -0.2) is 9.59 Å². The average molecular weight is 376 g/mol. The maximum absolute atomic E-state index is 11.6. The second-order valence-electron chi connectivity index (χ2n) is 5.28. The number of amides is 2. The monoisotopic (exact) mass is 376 g/mol. The summed E-state index contributed by atoms with van der Waals surface area (Å²) in [5.74, 6) is -6.96. The number of rotatable bonds is 13. The Bertz CT molecular complexity index is 524. The Hall–Kier alpha value is -3.18. The predicted octanol–water partition coefficient (Wildman–Crippen LogP) is -1.36. The Morgan fingerprint density at radius 1 is 0.577 bits per heavy atom. The first kappa shape index (κ1) is 22.8. The van der Waals surface area contributed by atoms with Gasteiger partial charge in [0.05, 0.1) is 0 Å². The number of nitrogens with one attached hydrogen (secondary N) is 2. The van der Waals surface area contributed by atoms with E-state index in [9.17, 15) is 28.8 Å². The molecule has 146 valence electrons. The molecule has 2 amide bonds. The summed E-state index contributed by atoms with van der Waals surface area (Å²) in [6, 6.07) is -2.85. The molecule has 0 bridgehead atoms. The fourth-order valence-electron chi connectivity index (χ4n) is 1.81. The minimum Gasteiger partial charge on any atom is -0.481 e. The number of hydrogen-bond acceptors (Lipinski definition) is 6. The van der Waals surface area contributed by atoms with Gasteiger partial charge in [-0.15, -0.1) is 0 Å². The van der Waals surface area contributed by atoms with E-state index in [0.29, 0.717) is 0 Å². The van der Waals surface area contributed by atoms with Crippen molar-refractivity contribution in [1.82, 2.24) is 10.6 Å². The molecule has 0 rings (SSSR count). The van der Waals surface area contributed by atoms with Gasteiger partial charge in [0.2, 0.25) is 11.8 Å². The number of aliphatic carboxylic acids is 4. The van der Waals surface area contributed by atoms with Crippen molar-refractivity contribution < 1.29 is 49.2 Å². The van der Waals surface area contributed by atoms with Crippen LogP contribution in [0.15, 0.2) is 0 Å². The molecule has 0 saturated carbocycles. The Kier molecular flexibility index (Phi) is 9.99. The lowest BCUT2D eigenvalue weighted by Crippen LogP contribution is -2.43. The van der Waals surface area contributed by atoms with E-state index in [0.717, 1.165) is 0 Å². The lowest BCUT2D eigenvalue weighted by Gasteiger charge is -2.15. The van der Waals surface area contributed by atoms with Crippen LogP contribution in [0, 0.1) is 0 Å². The van der Waals surface area contributed by atoms with E-state index in [1.165, 1.54) is 0 Å². The standard InChI is InChI=1S/C14H20N2O10/c17-9(15-7(13(23)24)1-5-11(19)20)3-4-10(18)16-8(14(25)26)2-6-12(21)22/h7-8H,1-6H2,(H,15,17)(H,16,18)(H,19,20)(H,21,22)(H,23,24)(H,25,26)/t7-,8-/m1/s1. The summed E-state index contributed by atoms with van der Waals surface area (Å²) in [7, 11) is 0. The number of carboxylic acids is 4. The van der Waals surface area contributed by atoms with Gasteiger partial charge in [-0.2, -0.15) is 0 Å². The van der Waals surface area contributed by atoms with E-state index < -0.39 is 73.5 Å². The molecule has 0 aliphatic heterocycles. The van der Waals surface area contributed by atoms with Gasteiger partial charge in [-0.1, -0.05) is 0 Å². The molecule has 0 unspecified atom stereocenters. The second kappa shape index (κ2) is 11.4. The minimum absolute atomic E-state index is 0.334. The topological polar surface area (TPSA) is 207 Å². The van der Waals surface area contributed by atoms with E-state index in [1.54, 1.807) is 0 Å². The first-order valence-electron chi connectivity index (χ1n) is 7.50. The van der Waals surface area contributed by atoms with Gasteiger partial charge in [0.1, 0.15) is 12.1 Å². The molecule has 26 heavy (non-hydrogen) atoms. The molecule has 0 aromatic rings. The molecule has 0 radical (unpaired) electrons. The van der Waals surface area contributed by atoms with E-state index in [1.807, 2.05) is 0 Å². The van der Waals surface area contributed by atoms with Crippen molar-refractivity contribution in [1.29, 1.82) is 0 Å². The first-order valence-corrected chi connectivity index (χ1v) is 7.50. The van der Waals surface area contributed by atoms with Gasteiger partial charge < -0.3 is 31.1 Å². The van der Waals surface area contributed by atoms with Crippen molar-refractivity contribution in [2.24, 2.45) is 0 Å². The molecule has 0 aromatic heterocycles. The summed E-state index contributed by atoms with van der Waals surface area (Å²) in [5.41, 5.74) is 0. The zero-order chi connectivity index (χ0) is 20.3. The van der Waals surface area contributed by atoms with Crippen LogP contribution in [0.4, 0.5) is 0 Å². The van der Waals surface area contributed by atoms with E-state index in [2.05, 4.69) is 10.6 Å². The summed E-state index contributed by atoms with van der Waals surface area (Å²) in [5, 5.41) is 39.0. The molecule has 6 N–H and O–H groups in total. The van der Waals surface area contributed by atoms with Gasteiger partial charge in [-0.3, -0.25) is 19.2 Å². The number of carbonyl (C=O) groups is 6. The molecule has 0 aliphatic rings. The van der Waals surface area contributed by atoms with Gasteiger partial charge in [-0.05, 0) is 12.8 Å². The molecule has 0 fully saturated rings. The van der Waals surface area contributed by atoms with Crippen LogP contribution in [-0.4, -0.2) is 68.2 Å².